The van der Waals surface area contributed by atoms with Crippen molar-refractivity contribution in [1.29, 1.82) is 0 Å². The quantitative estimate of drug-likeness (QED) is 0.894. The van der Waals surface area contributed by atoms with E-state index < -0.39 is 0 Å². The number of rotatable bonds is 4. The van der Waals surface area contributed by atoms with E-state index in [0.717, 1.165) is 5.69 Å². The highest BCUT2D eigenvalue weighted by Crippen LogP contribution is 2.27. The molecule has 0 aromatic carbocycles. The minimum atomic E-state index is -0.0878. The summed E-state index contributed by atoms with van der Waals surface area (Å²) < 4.78 is 0. The van der Waals surface area contributed by atoms with Crippen molar-refractivity contribution >= 4 is 6.03 Å². The Balaban J connectivity index is 2.13. The highest BCUT2D eigenvalue weighted by molar-refractivity contribution is 5.77. The van der Waals surface area contributed by atoms with Gasteiger partial charge in [0.05, 0.1) is 11.7 Å². The van der Waals surface area contributed by atoms with Crippen LogP contribution in [0.5, 0.6) is 0 Å². The Morgan fingerprint density at radius 2 is 2.21 bits per heavy atom. The minimum Gasteiger partial charge on any atom is -0.320 e. The van der Waals surface area contributed by atoms with E-state index in [1.807, 2.05) is 37.2 Å². The molecule has 5 nitrogen and oxygen atoms in total. The molecule has 0 bridgehead atoms. The predicted molar refractivity (Wildman–Crippen MR) is 74.8 cm³/mol. The molecular weight excluding hydrogens is 240 g/mol. The van der Waals surface area contributed by atoms with E-state index in [1.54, 1.807) is 11.1 Å². The molecule has 1 aromatic heterocycles. The number of hydrogen-bond acceptors (Lipinski definition) is 3. The fourth-order valence-corrected chi connectivity index (χ4v) is 2.32. The number of hydrogen-bond donors (Lipinski definition) is 1. The van der Waals surface area contributed by atoms with Crippen molar-refractivity contribution in [2.45, 2.75) is 25.4 Å². The number of amides is 2. The average Bonchev–Trinajstić information content (AvgIpc) is 2.68. The zero-order valence-corrected chi connectivity index (χ0v) is 12.1. The third kappa shape index (κ3) is 2.87. The van der Waals surface area contributed by atoms with Gasteiger partial charge in [0.2, 0.25) is 0 Å². The molecule has 1 atom stereocenters. The maximum Gasteiger partial charge on any atom is 0.320 e. The van der Waals surface area contributed by atoms with Gasteiger partial charge in [-0.25, -0.2) is 4.79 Å². The molecule has 104 valence electrons. The highest BCUT2D eigenvalue weighted by Gasteiger charge is 2.38. The van der Waals surface area contributed by atoms with Gasteiger partial charge >= 0.3 is 6.03 Å². The zero-order valence-electron chi connectivity index (χ0n) is 12.1. The number of aromatic nitrogens is 1. The molecule has 0 radical (unpaired) electrons. The lowest BCUT2D eigenvalue weighted by Crippen LogP contribution is -2.48. The van der Waals surface area contributed by atoms with E-state index in [-0.39, 0.29) is 17.6 Å². The van der Waals surface area contributed by atoms with Crippen LogP contribution < -0.4 is 5.32 Å². The van der Waals surface area contributed by atoms with Crippen LogP contribution in [0.2, 0.25) is 0 Å². The summed E-state index contributed by atoms with van der Waals surface area (Å²) >= 11 is 0. The summed E-state index contributed by atoms with van der Waals surface area (Å²) in [5, 5.41) is 3.23. The monoisotopic (exact) mass is 262 g/mol. The van der Waals surface area contributed by atoms with Crippen molar-refractivity contribution in [3.8, 4) is 0 Å². The Morgan fingerprint density at radius 3 is 2.79 bits per heavy atom. The fourth-order valence-electron chi connectivity index (χ4n) is 2.32. The number of carbonyl (C=O) groups is 1. The summed E-state index contributed by atoms with van der Waals surface area (Å²) in [6, 6.07) is 5.93. The largest absolute Gasteiger partial charge is 0.320 e. The molecule has 0 saturated carbocycles. The van der Waals surface area contributed by atoms with Gasteiger partial charge in [-0.1, -0.05) is 6.07 Å². The van der Waals surface area contributed by atoms with Crippen LogP contribution in [-0.2, 0) is 0 Å². The number of urea groups is 1. The number of likely N-dealkylation sites (N-methyl/N-ethyl adjacent to an activating group) is 2. The molecule has 0 aliphatic carbocycles. The second-order valence-electron chi connectivity index (χ2n) is 5.68. The van der Waals surface area contributed by atoms with Gasteiger partial charge in [0, 0.05) is 31.9 Å². The molecule has 1 fully saturated rings. The summed E-state index contributed by atoms with van der Waals surface area (Å²) in [5.41, 5.74) is 0.860. The summed E-state index contributed by atoms with van der Waals surface area (Å²) in [7, 11) is 3.76. The van der Waals surface area contributed by atoms with Crippen LogP contribution in [-0.4, -0.2) is 53.5 Å². The van der Waals surface area contributed by atoms with Crippen LogP contribution in [0.25, 0.3) is 0 Å². The molecule has 1 aromatic rings. The third-order valence-electron chi connectivity index (χ3n) is 3.73. The first-order valence-electron chi connectivity index (χ1n) is 6.56. The van der Waals surface area contributed by atoms with Gasteiger partial charge in [-0.05, 0) is 33.0 Å². The van der Waals surface area contributed by atoms with Crippen LogP contribution in [0, 0.1) is 0 Å². The highest BCUT2D eigenvalue weighted by atomic mass is 16.2. The summed E-state index contributed by atoms with van der Waals surface area (Å²) in [6.45, 7) is 5.57. The molecule has 2 rings (SSSR count). The van der Waals surface area contributed by atoms with E-state index in [2.05, 4.69) is 24.1 Å². The lowest BCUT2D eigenvalue weighted by atomic mass is 10.1. The second kappa shape index (κ2) is 5.17. The van der Waals surface area contributed by atoms with Crippen molar-refractivity contribution in [2.75, 3.05) is 27.2 Å². The molecule has 2 amide bonds. The molecule has 2 heterocycles. The smallest absolute Gasteiger partial charge is 0.320 e. The average molecular weight is 262 g/mol. The molecular formula is C14H22N4O. The summed E-state index contributed by atoms with van der Waals surface area (Å²) in [5.74, 6) is 0. The van der Waals surface area contributed by atoms with Gasteiger partial charge in [-0.3, -0.25) is 4.98 Å². The number of pyridine rings is 1. The summed E-state index contributed by atoms with van der Waals surface area (Å²) in [6.07, 6.45) is 1.77. The maximum atomic E-state index is 12.3. The van der Waals surface area contributed by atoms with Gasteiger partial charge in [0.15, 0.2) is 0 Å². The molecule has 19 heavy (non-hydrogen) atoms. The van der Waals surface area contributed by atoms with Crippen LogP contribution in [0.15, 0.2) is 24.4 Å². The van der Waals surface area contributed by atoms with E-state index in [0.29, 0.717) is 13.1 Å². The Kier molecular flexibility index (Phi) is 3.75. The van der Waals surface area contributed by atoms with Gasteiger partial charge in [0.25, 0.3) is 0 Å². The SMILES string of the molecule is CNC(C)(C)CN1CC(c2ccccn2)N(C)C1=O. The number of nitrogens with zero attached hydrogens (tertiary/aromatic N) is 3. The molecule has 1 unspecified atom stereocenters. The fraction of sp³-hybridized carbons (Fsp3) is 0.571. The number of nitrogens with one attached hydrogen (secondary N) is 1. The van der Waals surface area contributed by atoms with Crippen LogP contribution in [0.4, 0.5) is 4.79 Å². The lowest BCUT2D eigenvalue weighted by molar-refractivity contribution is 0.184. The normalized spacial score (nSPS) is 20.2. The zero-order chi connectivity index (χ0) is 14.0. The first kappa shape index (κ1) is 13.8. The Morgan fingerprint density at radius 1 is 1.47 bits per heavy atom. The Hall–Kier alpha value is -1.62. The van der Waals surface area contributed by atoms with E-state index in [9.17, 15) is 4.79 Å². The second-order valence-corrected chi connectivity index (χ2v) is 5.68. The van der Waals surface area contributed by atoms with Gasteiger partial charge < -0.3 is 15.1 Å². The first-order valence-corrected chi connectivity index (χ1v) is 6.56. The van der Waals surface area contributed by atoms with Crippen molar-refractivity contribution in [3.05, 3.63) is 30.1 Å². The van der Waals surface area contributed by atoms with Crippen molar-refractivity contribution in [1.82, 2.24) is 20.1 Å². The third-order valence-corrected chi connectivity index (χ3v) is 3.73. The minimum absolute atomic E-state index is 0.0429. The molecule has 1 N–H and O–H groups in total. The maximum absolute atomic E-state index is 12.3. The predicted octanol–water partition coefficient (Wildman–Crippen LogP) is 1.49. The van der Waals surface area contributed by atoms with Crippen LogP contribution in [0.3, 0.4) is 0 Å². The standard InChI is InChI=1S/C14H22N4O/c1-14(2,15-3)10-18-9-12(17(4)13(18)19)11-7-5-6-8-16-11/h5-8,12,15H,9-10H2,1-4H3. The molecule has 1 aliphatic heterocycles. The Bertz CT molecular complexity index is 446. The first-order chi connectivity index (χ1) is 8.94. The molecule has 5 heteroatoms. The Labute approximate surface area is 114 Å². The van der Waals surface area contributed by atoms with Gasteiger partial charge in [0.1, 0.15) is 0 Å². The topological polar surface area (TPSA) is 48.5 Å². The molecule has 0 spiro atoms. The van der Waals surface area contributed by atoms with Crippen LogP contribution >= 0.6 is 0 Å². The number of carbonyl (C=O) groups excluding carboxylic acids is 1. The van der Waals surface area contributed by atoms with E-state index in [1.165, 1.54) is 0 Å². The van der Waals surface area contributed by atoms with Crippen molar-refractivity contribution in [3.63, 3.8) is 0 Å². The van der Waals surface area contributed by atoms with E-state index in [4.69, 9.17) is 0 Å². The van der Waals surface area contributed by atoms with E-state index >= 15 is 0 Å². The van der Waals surface area contributed by atoms with Gasteiger partial charge in [-0.2, -0.15) is 0 Å². The summed E-state index contributed by atoms with van der Waals surface area (Å²) in [4.78, 5) is 20.3. The van der Waals surface area contributed by atoms with Gasteiger partial charge in [-0.15, -0.1) is 0 Å². The van der Waals surface area contributed by atoms with Crippen molar-refractivity contribution < 1.29 is 4.79 Å². The molecule has 1 aliphatic rings. The van der Waals surface area contributed by atoms with Crippen LogP contribution in [0.1, 0.15) is 25.6 Å². The van der Waals surface area contributed by atoms with Crippen molar-refractivity contribution in [2.24, 2.45) is 0 Å². The molecule has 1 saturated heterocycles. The lowest BCUT2D eigenvalue weighted by Gasteiger charge is -2.29.